The largest absolute Gasteiger partial charge is 0.490 e. The van der Waals surface area contributed by atoms with Crippen LogP contribution >= 0.6 is 0 Å². The number of anilines is 1. The second-order valence-electron chi connectivity index (χ2n) is 9.39. The summed E-state index contributed by atoms with van der Waals surface area (Å²) in [5, 5.41) is 20.0. The molecule has 0 spiro atoms. The summed E-state index contributed by atoms with van der Waals surface area (Å²) in [6, 6.07) is 6.52. The number of nitrogen functional groups attached to an aromatic ring is 1. The minimum absolute atomic E-state index is 0.138. The molecular weight excluding hydrogens is 628 g/mol. The van der Waals surface area contributed by atoms with Crippen LogP contribution in [0, 0.1) is 0 Å². The Labute approximate surface area is 246 Å². The molecule has 2 aromatic carbocycles. The summed E-state index contributed by atoms with van der Waals surface area (Å²) < 4.78 is 93.3. The van der Waals surface area contributed by atoms with Gasteiger partial charge >= 0.3 is 18.3 Å². The van der Waals surface area contributed by atoms with Gasteiger partial charge in [0.15, 0.2) is 0 Å². The maximum atomic E-state index is 12.9. The molecule has 3 rings (SSSR count). The monoisotopic (exact) mass is 655 g/mol. The van der Waals surface area contributed by atoms with Crippen molar-refractivity contribution < 1.29 is 59.0 Å². The summed E-state index contributed by atoms with van der Waals surface area (Å²) in [5.41, 5.74) is 4.21. The van der Waals surface area contributed by atoms with E-state index in [1.165, 1.54) is 24.3 Å². The fourth-order valence-electron chi connectivity index (χ4n) is 3.97. The Morgan fingerprint density at radius 2 is 1.39 bits per heavy atom. The van der Waals surface area contributed by atoms with Crippen LogP contribution in [-0.2, 0) is 25.8 Å². The first-order valence-corrected chi connectivity index (χ1v) is 14.0. The fourth-order valence-corrected chi connectivity index (χ4v) is 4.48. The lowest BCUT2D eigenvalue weighted by molar-refractivity contribution is -0.192. The Balaban J connectivity index is 0.000000860. The summed E-state index contributed by atoms with van der Waals surface area (Å²) in [6.45, 7) is -0.513. The number of carboxylic acid groups (broad SMARTS) is 1. The van der Waals surface area contributed by atoms with Crippen molar-refractivity contribution in [2.45, 2.75) is 55.0 Å². The van der Waals surface area contributed by atoms with Gasteiger partial charge in [0.2, 0.25) is 15.9 Å². The summed E-state index contributed by atoms with van der Waals surface area (Å²) in [5.74, 6) is -4.76. The van der Waals surface area contributed by atoms with Gasteiger partial charge in [-0.15, -0.1) is 0 Å². The zero-order valence-corrected chi connectivity index (χ0v) is 23.3. The number of nitrogens with one attached hydrogen (secondary N) is 3. The number of hydrogen-bond acceptors (Lipinski definition) is 7. The normalized spacial score (nSPS) is 17.0. The van der Waals surface area contributed by atoms with E-state index in [2.05, 4.69) is 16.0 Å². The molecule has 44 heavy (non-hydrogen) atoms. The van der Waals surface area contributed by atoms with Crippen molar-refractivity contribution in [2.75, 3.05) is 12.3 Å². The molecule has 0 aromatic heterocycles. The van der Waals surface area contributed by atoms with Crippen LogP contribution in [0.5, 0.6) is 0 Å². The number of primary sulfonamides is 1. The van der Waals surface area contributed by atoms with Gasteiger partial charge < -0.3 is 26.8 Å². The summed E-state index contributed by atoms with van der Waals surface area (Å²) >= 11 is 0. The number of sulfonamides is 1. The van der Waals surface area contributed by atoms with Crippen LogP contribution in [-0.4, -0.2) is 62.0 Å². The number of aliphatic carboxylic acids is 1. The minimum Gasteiger partial charge on any atom is -0.475 e. The van der Waals surface area contributed by atoms with E-state index in [4.69, 9.17) is 20.8 Å². The van der Waals surface area contributed by atoms with Gasteiger partial charge in [-0.3, -0.25) is 14.4 Å². The molecule has 0 heterocycles. The Morgan fingerprint density at radius 1 is 0.864 bits per heavy atom. The molecule has 1 fully saturated rings. The van der Waals surface area contributed by atoms with E-state index in [1.54, 1.807) is 0 Å². The minimum atomic E-state index is -5.08. The maximum Gasteiger partial charge on any atom is 0.490 e. The summed E-state index contributed by atoms with van der Waals surface area (Å²) in [6.07, 6.45) is -7.04. The van der Waals surface area contributed by atoms with Crippen LogP contribution < -0.4 is 26.8 Å². The maximum absolute atomic E-state index is 12.9. The van der Waals surface area contributed by atoms with Crippen LogP contribution in [0.3, 0.4) is 0 Å². The first-order valence-electron chi connectivity index (χ1n) is 12.5. The van der Waals surface area contributed by atoms with E-state index < -0.39 is 75.8 Å². The first-order chi connectivity index (χ1) is 20.2. The predicted octanol–water partition coefficient (Wildman–Crippen LogP) is 2.16. The third-order valence-electron chi connectivity index (χ3n) is 6.15. The topological polar surface area (TPSA) is 211 Å². The van der Waals surface area contributed by atoms with Crippen molar-refractivity contribution in [1.82, 2.24) is 16.0 Å². The first kappa shape index (κ1) is 35.8. The zero-order valence-electron chi connectivity index (χ0n) is 22.5. The SMILES string of the molecule is Nc1ccc(C(F)(F)F)cc1C(=O)NCC(=O)N[C@@H]1CCCC[C@@H]1NC(=O)c1ccc(S(N)(=O)=O)cc1.O=C(O)C(F)(F)F. The molecule has 0 aliphatic heterocycles. The number of amides is 3. The number of carboxylic acids is 1. The predicted molar refractivity (Wildman–Crippen MR) is 141 cm³/mol. The van der Waals surface area contributed by atoms with Crippen molar-refractivity contribution in [3.63, 3.8) is 0 Å². The van der Waals surface area contributed by atoms with Crippen molar-refractivity contribution in [2.24, 2.45) is 5.14 Å². The van der Waals surface area contributed by atoms with Crippen molar-refractivity contribution in [3.8, 4) is 0 Å². The third kappa shape index (κ3) is 10.7. The fraction of sp³-hybridized carbons (Fsp3) is 0.360. The number of benzene rings is 2. The van der Waals surface area contributed by atoms with Crippen LogP contribution in [0.1, 0.15) is 52.0 Å². The number of nitrogens with two attached hydrogens (primary N) is 2. The molecule has 8 N–H and O–H groups in total. The number of carbonyl (C=O) groups excluding carboxylic acids is 3. The molecule has 0 radical (unpaired) electrons. The smallest absolute Gasteiger partial charge is 0.475 e. The quantitative estimate of drug-likeness (QED) is 0.192. The van der Waals surface area contributed by atoms with Gasteiger partial charge in [0.25, 0.3) is 11.8 Å². The van der Waals surface area contributed by atoms with Gasteiger partial charge in [-0.05, 0) is 55.3 Å². The molecule has 1 aliphatic rings. The standard InChI is InChI=1S/C23H26F3N5O5S.C2HF3O2/c24-23(25,26)14-7-10-17(27)16(11-14)22(34)29-12-20(32)30-18-3-1-2-4-19(18)31-21(33)13-5-8-15(9-6-13)37(28,35)36;3-2(4,5)1(6)7/h5-11,18-19H,1-4,12,27H2,(H,29,34)(H,30,32)(H,31,33)(H2,28,35,36);(H,6,7)/t18-,19+;/m1./s1. The summed E-state index contributed by atoms with van der Waals surface area (Å²) in [4.78, 5) is 46.2. The number of hydrogen-bond donors (Lipinski definition) is 6. The molecule has 242 valence electrons. The van der Waals surface area contributed by atoms with Crippen molar-refractivity contribution in [1.29, 1.82) is 0 Å². The molecule has 2 aromatic rings. The van der Waals surface area contributed by atoms with E-state index in [9.17, 15) is 49.1 Å². The van der Waals surface area contributed by atoms with E-state index in [-0.39, 0.29) is 16.1 Å². The molecule has 2 atom stereocenters. The highest BCUT2D eigenvalue weighted by Crippen LogP contribution is 2.31. The van der Waals surface area contributed by atoms with E-state index >= 15 is 0 Å². The second kappa shape index (κ2) is 14.4. The summed E-state index contributed by atoms with van der Waals surface area (Å²) in [7, 11) is -3.90. The van der Waals surface area contributed by atoms with E-state index in [1.807, 2.05) is 0 Å². The van der Waals surface area contributed by atoms with E-state index in [0.717, 1.165) is 25.0 Å². The number of alkyl halides is 6. The number of carbonyl (C=O) groups is 4. The molecule has 12 nitrogen and oxygen atoms in total. The highest BCUT2D eigenvalue weighted by atomic mass is 32.2. The molecular formula is C25H27F6N5O7S. The van der Waals surface area contributed by atoms with Crippen LogP contribution in [0.15, 0.2) is 47.4 Å². The Bertz CT molecular complexity index is 1480. The second-order valence-corrected chi connectivity index (χ2v) is 11.0. The highest BCUT2D eigenvalue weighted by Gasteiger charge is 2.38. The lowest BCUT2D eigenvalue weighted by Crippen LogP contribution is -2.54. The lowest BCUT2D eigenvalue weighted by atomic mass is 9.90. The Morgan fingerprint density at radius 3 is 1.86 bits per heavy atom. The molecule has 1 aliphatic carbocycles. The highest BCUT2D eigenvalue weighted by molar-refractivity contribution is 7.89. The van der Waals surface area contributed by atoms with Crippen LogP contribution in [0.25, 0.3) is 0 Å². The number of rotatable bonds is 7. The van der Waals surface area contributed by atoms with Gasteiger partial charge in [-0.2, -0.15) is 26.3 Å². The van der Waals surface area contributed by atoms with Crippen LogP contribution in [0.4, 0.5) is 32.0 Å². The molecule has 0 unspecified atom stereocenters. The molecule has 0 saturated heterocycles. The third-order valence-corrected chi connectivity index (χ3v) is 7.08. The molecule has 1 saturated carbocycles. The van der Waals surface area contributed by atoms with Crippen LogP contribution in [0.2, 0.25) is 0 Å². The molecule has 19 heteroatoms. The Kier molecular flexibility index (Phi) is 11.7. The number of halogens is 6. The average molecular weight is 656 g/mol. The van der Waals surface area contributed by atoms with Gasteiger partial charge in [0.1, 0.15) is 0 Å². The average Bonchev–Trinajstić information content (AvgIpc) is 2.91. The van der Waals surface area contributed by atoms with Gasteiger partial charge in [0.05, 0.1) is 22.6 Å². The molecule has 3 amide bonds. The van der Waals surface area contributed by atoms with Gasteiger partial charge in [-0.1, -0.05) is 12.8 Å². The van der Waals surface area contributed by atoms with Crippen molar-refractivity contribution >= 4 is 39.4 Å². The van der Waals surface area contributed by atoms with E-state index in [0.29, 0.717) is 18.9 Å². The van der Waals surface area contributed by atoms with Gasteiger partial charge in [-0.25, -0.2) is 18.4 Å². The zero-order chi connectivity index (χ0) is 33.5. The van der Waals surface area contributed by atoms with Crippen molar-refractivity contribution in [3.05, 3.63) is 59.2 Å². The lowest BCUT2D eigenvalue weighted by Gasteiger charge is -2.33. The molecule has 0 bridgehead atoms. The Hall–Kier alpha value is -4.39. The van der Waals surface area contributed by atoms with Gasteiger partial charge in [0, 0.05) is 23.3 Å².